The second-order valence-electron chi connectivity index (χ2n) is 4.96. The molecule has 2 unspecified atom stereocenters. The molecular formula is C14H18F3NO3. The Kier molecular flexibility index (Phi) is 4.75. The van der Waals surface area contributed by atoms with Crippen LogP contribution in [0.3, 0.4) is 0 Å². The molecule has 118 valence electrons. The number of anilines is 1. The van der Waals surface area contributed by atoms with Gasteiger partial charge in [-0.1, -0.05) is 6.07 Å². The summed E-state index contributed by atoms with van der Waals surface area (Å²) in [6, 6.07) is 3.86. The van der Waals surface area contributed by atoms with Gasteiger partial charge in [-0.25, -0.2) is 0 Å². The van der Waals surface area contributed by atoms with Gasteiger partial charge in [0.1, 0.15) is 12.2 Å². The molecule has 1 heterocycles. The highest BCUT2D eigenvalue weighted by Crippen LogP contribution is 2.38. The number of methoxy groups -OCH3 is 2. The van der Waals surface area contributed by atoms with Crippen molar-refractivity contribution >= 4 is 5.69 Å². The molecule has 2 rings (SSSR count). The molecule has 21 heavy (non-hydrogen) atoms. The second-order valence-corrected chi connectivity index (χ2v) is 4.96. The molecule has 1 aliphatic heterocycles. The zero-order valence-electron chi connectivity index (χ0n) is 11.9. The fourth-order valence-corrected chi connectivity index (χ4v) is 2.58. The zero-order valence-corrected chi connectivity index (χ0v) is 11.9. The summed E-state index contributed by atoms with van der Waals surface area (Å²) in [6.07, 6.45) is -5.02. The third-order valence-corrected chi connectivity index (χ3v) is 3.71. The Morgan fingerprint density at radius 3 is 2.19 bits per heavy atom. The first-order valence-electron chi connectivity index (χ1n) is 6.52. The first-order chi connectivity index (χ1) is 9.90. The van der Waals surface area contributed by atoms with E-state index >= 15 is 0 Å². The quantitative estimate of drug-likeness (QED) is 0.924. The molecule has 1 aliphatic rings. The predicted octanol–water partition coefficient (Wildman–Crippen LogP) is 2.05. The summed E-state index contributed by atoms with van der Waals surface area (Å²) >= 11 is 0. The van der Waals surface area contributed by atoms with Gasteiger partial charge in [-0.3, -0.25) is 0 Å². The van der Waals surface area contributed by atoms with Crippen molar-refractivity contribution in [1.82, 2.24) is 0 Å². The number of aliphatic hydroxyl groups is 1. The van der Waals surface area contributed by atoms with Crippen LogP contribution in [0.4, 0.5) is 18.9 Å². The third kappa shape index (κ3) is 3.30. The Labute approximate surface area is 121 Å². The van der Waals surface area contributed by atoms with E-state index in [-0.39, 0.29) is 23.5 Å². The number of benzene rings is 1. The lowest BCUT2D eigenvalue weighted by atomic mass is 10.1. The maximum Gasteiger partial charge on any atom is 0.418 e. The van der Waals surface area contributed by atoms with Gasteiger partial charge in [0.05, 0.1) is 12.2 Å². The average molecular weight is 305 g/mol. The van der Waals surface area contributed by atoms with E-state index in [1.807, 2.05) is 0 Å². The summed E-state index contributed by atoms with van der Waals surface area (Å²) < 4.78 is 50.1. The van der Waals surface area contributed by atoms with Crippen molar-refractivity contribution in [2.24, 2.45) is 0 Å². The summed E-state index contributed by atoms with van der Waals surface area (Å²) in [7, 11) is 3.03. The molecule has 0 radical (unpaired) electrons. The zero-order chi connectivity index (χ0) is 15.6. The molecule has 1 aromatic rings. The predicted molar refractivity (Wildman–Crippen MR) is 71.2 cm³/mol. The number of rotatable bonds is 4. The lowest BCUT2D eigenvalue weighted by Crippen LogP contribution is -2.27. The van der Waals surface area contributed by atoms with Gasteiger partial charge in [0.15, 0.2) is 0 Å². The normalized spacial score (nSPS) is 22.9. The summed E-state index contributed by atoms with van der Waals surface area (Å²) in [6.45, 7) is 0.234. The van der Waals surface area contributed by atoms with Crippen molar-refractivity contribution in [1.29, 1.82) is 0 Å². The Bertz CT molecular complexity index is 481. The van der Waals surface area contributed by atoms with E-state index in [9.17, 15) is 13.2 Å². The van der Waals surface area contributed by atoms with Crippen LogP contribution in [0.2, 0.25) is 0 Å². The summed E-state index contributed by atoms with van der Waals surface area (Å²) in [4.78, 5) is 1.60. The van der Waals surface area contributed by atoms with Gasteiger partial charge in [-0.05, 0) is 17.7 Å². The maximum absolute atomic E-state index is 13.2. The van der Waals surface area contributed by atoms with Crippen LogP contribution in [0.5, 0.6) is 0 Å². The molecule has 0 saturated carbocycles. The van der Waals surface area contributed by atoms with Crippen LogP contribution in [-0.2, 0) is 22.3 Å². The molecule has 0 spiro atoms. The lowest BCUT2D eigenvalue weighted by Gasteiger charge is -2.23. The molecule has 1 saturated heterocycles. The van der Waals surface area contributed by atoms with Gasteiger partial charge in [0.2, 0.25) is 0 Å². The molecule has 0 amide bonds. The first kappa shape index (κ1) is 16.1. The minimum atomic E-state index is -4.48. The highest BCUT2D eigenvalue weighted by Gasteiger charge is 2.39. The van der Waals surface area contributed by atoms with E-state index in [1.54, 1.807) is 4.90 Å². The molecule has 0 aliphatic carbocycles. The van der Waals surface area contributed by atoms with Crippen molar-refractivity contribution in [2.45, 2.75) is 25.0 Å². The molecule has 1 N–H and O–H groups in total. The van der Waals surface area contributed by atoms with Crippen LogP contribution in [0.25, 0.3) is 0 Å². The number of hydrogen-bond acceptors (Lipinski definition) is 4. The third-order valence-electron chi connectivity index (χ3n) is 3.71. The van der Waals surface area contributed by atoms with E-state index < -0.39 is 18.3 Å². The molecule has 0 bridgehead atoms. The number of halogens is 3. The lowest BCUT2D eigenvalue weighted by molar-refractivity contribution is -0.137. The van der Waals surface area contributed by atoms with Gasteiger partial charge in [0, 0.05) is 33.0 Å². The summed E-state index contributed by atoms with van der Waals surface area (Å²) in [5.41, 5.74) is -0.432. The van der Waals surface area contributed by atoms with Gasteiger partial charge < -0.3 is 19.5 Å². The van der Waals surface area contributed by atoms with Gasteiger partial charge in [-0.2, -0.15) is 13.2 Å². The minimum Gasteiger partial charge on any atom is -0.392 e. The van der Waals surface area contributed by atoms with E-state index in [0.29, 0.717) is 13.1 Å². The van der Waals surface area contributed by atoms with Crippen LogP contribution in [-0.4, -0.2) is 44.6 Å². The van der Waals surface area contributed by atoms with Crippen molar-refractivity contribution in [3.05, 3.63) is 29.3 Å². The second kappa shape index (κ2) is 6.21. The molecule has 1 fully saturated rings. The molecule has 1 aromatic carbocycles. The smallest absolute Gasteiger partial charge is 0.392 e. The van der Waals surface area contributed by atoms with Crippen LogP contribution < -0.4 is 4.90 Å². The topological polar surface area (TPSA) is 41.9 Å². The fourth-order valence-electron chi connectivity index (χ4n) is 2.58. The SMILES string of the molecule is COC1CN(c2ccc(CO)cc2C(F)(F)F)CC1OC. The van der Waals surface area contributed by atoms with Crippen molar-refractivity contribution in [3.8, 4) is 0 Å². The van der Waals surface area contributed by atoms with Crippen LogP contribution in [0.15, 0.2) is 18.2 Å². The van der Waals surface area contributed by atoms with Crippen LogP contribution in [0.1, 0.15) is 11.1 Å². The number of hydrogen-bond donors (Lipinski definition) is 1. The molecule has 0 aromatic heterocycles. The average Bonchev–Trinajstić information content (AvgIpc) is 2.88. The van der Waals surface area contributed by atoms with Crippen LogP contribution >= 0.6 is 0 Å². The van der Waals surface area contributed by atoms with Crippen molar-refractivity contribution in [2.75, 3.05) is 32.2 Å². The van der Waals surface area contributed by atoms with E-state index in [2.05, 4.69) is 0 Å². The molecule has 4 nitrogen and oxygen atoms in total. The van der Waals surface area contributed by atoms with E-state index in [1.165, 1.54) is 26.4 Å². The van der Waals surface area contributed by atoms with E-state index in [4.69, 9.17) is 14.6 Å². The molecular weight excluding hydrogens is 287 g/mol. The first-order valence-corrected chi connectivity index (χ1v) is 6.52. The highest BCUT2D eigenvalue weighted by molar-refractivity contribution is 5.57. The van der Waals surface area contributed by atoms with Gasteiger partial charge in [-0.15, -0.1) is 0 Å². The minimum absolute atomic E-state index is 0.0845. The Morgan fingerprint density at radius 2 is 1.76 bits per heavy atom. The number of alkyl halides is 3. The van der Waals surface area contributed by atoms with Crippen molar-refractivity contribution < 1.29 is 27.8 Å². The Morgan fingerprint density at radius 1 is 1.19 bits per heavy atom. The van der Waals surface area contributed by atoms with Gasteiger partial charge >= 0.3 is 6.18 Å². The summed E-state index contributed by atoms with van der Waals surface area (Å²) in [5, 5.41) is 9.02. The largest absolute Gasteiger partial charge is 0.418 e. The maximum atomic E-state index is 13.2. The monoisotopic (exact) mass is 305 g/mol. The highest BCUT2D eigenvalue weighted by atomic mass is 19.4. The Balaban J connectivity index is 2.36. The Hall–Kier alpha value is -1.31. The van der Waals surface area contributed by atoms with Crippen molar-refractivity contribution in [3.63, 3.8) is 0 Å². The molecule has 7 heteroatoms. The van der Waals surface area contributed by atoms with E-state index in [0.717, 1.165) is 6.07 Å². The van der Waals surface area contributed by atoms with Gasteiger partial charge in [0.25, 0.3) is 0 Å². The number of aliphatic hydroxyl groups excluding tert-OH is 1. The van der Waals surface area contributed by atoms with Crippen LogP contribution in [0, 0.1) is 0 Å². The summed E-state index contributed by atoms with van der Waals surface area (Å²) in [5.74, 6) is 0. The standard InChI is InChI=1S/C14H18F3NO3/c1-20-12-6-18(7-13(12)21-2)11-4-3-9(8-19)5-10(11)14(15,16)17/h3-5,12-13,19H,6-8H2,1-2H3. The fraction of sp³-hybridized carbons (Fsp3) is 0.571. The molecule has 2 atom stereocenters. The number of nitrogens with zero attached hydrogens (tertiary/aromatic N) is 1. The number of ether oxygens (including phenoxy) is 2.